The van der Waals surface area contributed by atoms with E-state index in [0.29, 0.717) is 11.1 Å². The third kappa shape index (κ3) is 3.81. The van der Waals surface area contributed by atoms with Crippen molar-refractivity contribution in [3.63, 3.8) is 0 Å². The Morgan fingerprint density at radius 2 is 1.75 bits per heavy atom. The van der Waals surface area contributed by atoms with Gasteiger partial charge in [0.15, 0.2) is 0 Å². The van der Waals surface area contributed by atoms with E-state index in [-0.39, 0.29) is 30.9 Å². The minimum absolute atomic E-state index is 0.0621. The first-order chi connectivity index (χ1) is 9.58. The molecule has 2 rings (SSSR count). The summed E-state index contributed by atoms with van der Waals surface area (Å²) in [6, 6.07) is 6.02. The van der Waals surface area contributed by atoms with Crippen LogP contribution in [0.25, 0.3) is 0 Å². The summed E-state index contributed by atoms with van der Waals surface area (Å²) in [6.07, 6.45) is 1.80. The maximum Gasteiger partial charge on any atom is 0.308 e. The van der Waals surface area contributed by atoms with Crippen LogP contribution < -0.4 is 11.1 Å². The maximum absolute atomic E-state index is 11.7. The topological polar surface area (TPSA) is 98.5 Å². The number of rotatable bonds is 6. The van der Waals surface area contributed by atoms with Crippen molar-refractivity contribution in [2.45, 2.75) is 12.8 Å². The smallest absolute Gasteiger partial charge is 0.308 e. The van der Waals surface area contributed by atoms with Crippen LogP contribution in [0.5, 0.6) is 0 Å². The number of amides is 2. The quantitative estimate of drug-likeness (QED) is 0.582. The number of hydrogen-bond acceptors (Lipinski definition) is 4. The highest BCUT2D eigenvalue weighted by atomic mass is 16.5. The Morgan fingerprint density at radius 3 is 2.30 bits per heavy atom. The van der Waals surface area contributed by atoms with Crippen LogP contribution in [0.2, 0.25) is 0 Å². The molecule has 3 N–H and O–H groups in total. The first kappa shape index (κ1) is 14.0. The number of ether oxygens (including phenoxy) is 1. The molecule has 0 bridgehead atoms. The highest BCUT2D eigenvalue weighted by Crippen LogP contribution is 2.29. The molecule has 1 saturated carbocycles. The Balaban J connectivity index is 1.73. The molecule has 0 spiro atoms. The van der Waals surface area contributed by atoms with E-state index in [0.717, 1.165) is 12.8 Å². The second-order valence-electron chi connectivity index (χ2n) is 4.64. The molecule has 20 heavy (non-hydrogen) atoms. The Labute approximate surface area is 116 Å². The lowest BCUT2D eigenvalue weighted by atomic mass is 10.1. The van der Waals surface area contributed by atoms with E-state index in [9.17, 15) is 14.4 Å². The minimum atomic E-state index is -0.538. The highest BCUT2D eigenvalue weighted by Gasteiger charge is 2.30. The minimum Gasteiger partial charge on any atom is -0.464 e. The van der Waals surface area contributed by atoms with Crippen molar-refractivity contribution in [2.24, 2.45) is 11.7 Å². The molecule has 0 atom stereocenters. The van der Waals surface area contributed by atoms with Gasteiger partial charge in [-0.1, -0.05) is 0 Å². The Morgan fingerprint density at radius 1 is 1.15 bits per heavy atom. The third-order valence-corrected chi connectivity index (χ3v) is 2.97. The summed E-state index contributed by atoms with van der Waals surface area (Å²) < 4.78 is 4.99. The zero-order chi connectivity index (χ0) is 14.5. The van der Waals surface area contributed by atoms with Gasteiger partial charge in [0.25, 0.3) is 5.91 Å². The molecule has 6 nitrogen and oxygen atoms in total. The van der Waals surface area contributed by atoms with E-state index < -0.39 is 5.91 Å². The first-order valence-electron chi connectivity index (χ1n) is 6.42. The van der Waals surface area contributed by atoms with Crippen LogP contribution in [-0.4, -0.2) is 30.9 Å². The molecule has 2 amide bonds. The van der Waals surface area contributed by atoms with Gasteiger partial charge in [0.2, 0.25) is 5.91 Å². The van der Waals surface area contributed by atoms with Crippen LogP contribution in [0, 0.1) is 5.92 Å². The zero-order valence-corrected chi connectivity index (χ0v) is 10.9. The van der Waals surface area contributed by atoms with Gasteiger partial charge in [-0.3, -0.25) is 14.4 Å². The molecule has 1 aliphatic carbocycles. The molecule has 6 heteroatoms. The van der Waals surface area contributed by atoms with Crippen LogP contribution in [0.3, 0.4) is 0 Å². The average Bonchev–Trinajstić information content (AvgIpc) is 3.27. The zero-order valence-electron chi connectivity index (χ0n) is 10.9. The van der Waals surface area contributed by atoms with Crippen LogP contribution in [0.15, 0.2) is 24.3 Å². The summed E-state index contributed by atoms with van der Waals surface area (Å²) in [5.41, 5.74) is 5.88. The lowest BCUT2D eigenvalue weighted by Gasteiger charge is -2.06. The molecule has 0 heterocycles. The fourth-order valence-electron chi connectivity index (χ4n) is 1.64. The van der Waals surface area contributed by atoms with Crippen molar-refractivity contribution in [1.82, 2.24) is 5.32 Å². The molecule has 0 saturated heterocycles. The number of benzene rings is 1. The fraction of sp³-hybridized carbons (Fsp3) is 0.357. The molecule has 0 aromatic heterocycles. The second kappa shape index (κ2) is 6.18. The van der Waals surface area contributed by atoms with Crippen molar-refractivity contribution >= 4 is 17.8 Å². The summed E-state index contributed by atoms with van der Waals surface area (Å²) >= 11 is 0. The summed E-state index contributed by atoms with van der Waals surface area (Å²) in [5, 5.41) is 2.63. The number of carbonyl (C=O) groups excluding carboxylic acids is 3. The molecule has 106 valence electrons. The van der Waals surface area contributed by atoms with Crippen molar-refractivity contribution in [1.29, 1.82) is 0 Å². The molecule has 0 radical (unpaired) electrons. The predicted molar refractivity (Wildman–Crippen MR) is 71.0 cm³/mol. The van der Waals surface area contributed by atoms with Crippen LogP contribution >= 0.6 is 0 Å². The van der Waals surface area contributed by atoms with Gasteiger partial charge in [0, 0.05) is 11.1 Å². The van der Waals surface area contributed by atoms with Crippen molar-refractivity contribution < 1.29 is 19.1 Å². The van der Waals surface area contributed by atoms with E-state index >= 15 is 0 Å². The largest absolute Gasteiger partial charge is 0.464 e. The van der Waals surface area contributed by atoms with Gasteiger partial charge in [-0.05, 0) is 37.1 Å². The monoisotopic (exact) mass is 276 g/mol. The van der Waals surface area contributed by atoms with E-state index in [1.54, 1.807) is 0 Å². The van der Waals surface area contributed by atoms with Crippen LogP contribution in [-0.2, 0) is 9.53 Å². The number of nitrogens with two attached hydrogens (primary N) is 1. The standard InChI is InChI=1S/C14H16N2O4/c15-12(17)9-1-3-10(4-2-9)13(18)16-7-8-20-14(19)11-5-6-11/h1-4,11H,5-8H2,(H2,15,17)(H,16,18). The number of primary amides is 1. The third-order valence-electron chi connectivity index (χ3n) is 2.97. The van der Waals surface area contributed by atoms with Crippen molar-refractivity contribution in [3.8, 4) is 0 Å². The molecular weight excluding hydrogens is 260 g/mol. The SMILES string of the molecule is NC(=O)c1ccc(C(=O)NCCOC(=O)C2CC2)cc1. The number of hydrogen-bond donors (Lipinski definition) is 2. The summed E-state index contributed by atoms with van der Waals surface area (Å²) in [7, 11) is 0. The Bertz CT molecular complexity index is 520. The first-order valence-corrected chi connectivity index (χ1v) is 6.42. The molecule has 0 unspecified atom stereocenters. The summed E-state index contributed by atoms with van der Waals surface area (Å²) in [6.45, 7) is 0.426. The average molecular weight is 276 g/mol. The molecule has 0 aliphatic heterocycles. The van der Waals surface area contributed by atoms with Gasteiger partial charge < -0.3 is 15.8 Å². The van der Waals surface area contributed by atoms with Gasteiger partial charge in [-0.15, -0.1) is 0 Å². The second-order valence-corrected chi connectivity index (χ2v) is 4.64. The van der Waals surface area contributed by atoms with Gasteiger partial charge in [-0.2, -0.15) is 0 Å². The summed E-state index contributed by atoms with van der Waals surface area (Å²) in [4.78, 5) is 33.9. The Hall–Kier alpha value is -2.37. The van der Waals surface area contributed by atoms with E-state index in [2.05, 4.69) is 5.32 Å². The molecule has 1 aliphatic rings. The van der Waals surface area contributed by atoms with E-state index in [1.807, 2.05) is 0 Å². The van der Waals surface area contributed by atoms with Gasteiger partial charge in [-0.25, -0.2) is 0 Å². The van der Waals surface area contributed by atoms with Gasteiger partial charge >= 0.3 is 5.97 Å². The fourth-order valence-corrected chi connectivity index (χ4v) is 1.64. The molecule has 1 aromatic carbocycles. The van der Waals surface area contributed by atoms with E-state index in [1.165, 1.54) is 24.3 Å². The maximum atomic E-state index is 11.7. The van der Waals surface area contributed by atoms with Crippen molar-refractivity contribution in [3.05, 3.63) is 35.4 Å². The lowest BCUT2D eigenvalue weighted by molar-refractivity contribution is -0.144. The van der Waals surface area contributed by atoms with Crippen molar-refractivity contribution in [2.75, 3.05) is 13.2 Å². The number of nitrogens with one attached hydrogen (secondary N) is 1. The van der Waals surface area contributed by atoms with E-state index in [4.69, 9.17) is 10.5 Å². The number of esters is 1. The summed E-state index contributed by atoms with van der Waals surface area (Å²) in [5.74, 6) is -0.954. The predicted octanol–water partition coefficient (Wildman–Crippen LogP) is 0.468. The molecule has 1 aromatic rings. The lowest BCUT2D eigenvalue weighted by Crippen LogP contribution is -2.28. The normalized spacial score (nSPS) is 13.6. The highest BCUT2D eigenvalue weighted by molar-refractivity contribution is 5.97. The van der Waals surface area contributed by atoms with Crippen LogP contribution in [0.4, 0.5) is 0 Å². The molecule has 1 fully saturated rings. The van der Waals surface area contributed by atoms with Gasteiger partial charge in [0.05, 0.1) is 12.5 Å². The van der Waals surface area contributed by atoms with Gasteiger partial charge in [0.1, 0.15) is 6.61 Å². The molecular formula is C14H16N2O4. The van der Waals surface area contributed by atoms with Crippen LogP contribution in [0.1, 0.15) is 33.6 Å². The Kier molecular flexibility index (Phi) is 4.34. The number of carbonyl (C=O) groups is 3.